The first-order valence-electron chi connectivity index (χ1n) is 5.34. The third kappa shape index (κ3) is 5.04. The lowest BCUT2D eigenvalue weighted by Gasteiger charge is -2.04. The molecule has 0 fully saturated rings. The Bertz CT molecular complexity index is 209. The van der Waals surface area contributed by atoms with Crippen LogP contribution in [0.15, 0.2) is 18.3 Å². The van der Waals surface area contributed by atoms with Gasteiger partial charge in [0.25, 0.3) is 0 Å². The Morgan fingerprint density at radius 2 is 2.36 bits per heavy atom. The summed E-state index contributed by atoms with van der Waals surface area (Å²) in [6, 6.07) is 4.08. The fourth-order valence-corrected chi connectivity index (χ4v) is 1.19. The Morgan fingerprint density at radius 3 is 3.07 bits per heavy atom. The first kappa shape index (κ1) is 11.3. The van der Waals surface area contributed by atoms with E-state index >= 15 is 0 Å². The number of rotatable bonds is 8. The lowest BCUT2D eigenvalue weighted by Crippen LogP contribution is -2.19. The molecule has 80 valence electrons. The molecule has 14 heavy (non-hydrogen) atoms. The molecule has 0 saturated heterocycles. The molecule has 0 amide bonds. The predicted octanol–water partition coefficient (Wildman–Crippen LogP) is 1.92. The first-order chi connectivity index (χ1) is 6.93. The van der Waals surface area contributed by atoms with Crippen LogP contribution in [0, 0.1) is 0 Å². The van der Waals surface area contributed by atoms with Crippen molar-refractivity contribution >= 4 is 0 Å². The summed E-state index contributed by atoms with van der Waals surface area (Å²) in [6.07, 6.45) is 4.31. The van der Waals surface area contributed by atoms with Crippen LogP contribution in [0.25, 0.3) is 0 Å². The van der Waals surface area contributed by atoms with E-state index in [1.807, 2.05) is 12.3 Å². The van der Waals surface area contributed by atoms with Crippen molar-refractivity contribution in [3.05, 3.63) is 24.0 Å². The van der Waals surface area contributed by atoms with Gasteiger partial charge in [-0.15, -0.1) is 0 Å². The molecule has 0 saturated carbocycles. The zero-order chi connectivity index (χ0) is 10.1. The lowest BCUT2D eigenvalue weighted by atomic mass is 10.4. The molecule has 0 aliphatic rings. The average Bonchev–Trinajstić information content (AvgIpc) is 2.69. The van der Waals surface area contributed by atoms with Crippen molar-refractivity contribution in [2.75, 3.05) is 19.8 Å². The molecule has 1 rings (SSSR count). The van der Waals surface area contributed by atoms with Gasteiger partial charge in [0.2, 0.25) is 0 Å². The van der Waals surface area contributed by atoms with E-state index in [2.05, 4.69) is 23.3 Å². The van der Waals surface area contributed by atoms with Crippen molar-refractivity contribution < 1.29 is 4.74 Å². The van der Waals surface area contributed by atoms with Crippen molar-refractivity contribution in [2.24, 2.45) is 0 Å². The molecule has 0 aliphatic heterocycles. The number of aromatic nitrogens is 1. The number of nitrogens with one attached hydrogen (secondary N) is 2. The highest BCUT2D eigenvalue weighted by molar-refractivity contribution is 5.02. The zero-order valence-electron chi connectivity index (χ0n) is 8.88. The van der Waals surface area contributed by atoms with Crippen molar-refractivity contribution in [1.82, 2.24) is 10.3 Å². The fraction of sp³-hybridized carbons (Fsp3) is 0.636. The van der Waals surface area contributed by atoms with E-state index < -0.39 is 0 Å². The normalized spacial score (nSPS) is 10.6. The van der Waals surface area contributed by atoms with Gasteiger partial charge in [0.05, 0.1) is 6.61 Å². The molecule has 0 bridgehead atoms. The molecule has 3 heteroatoms. The molecule has 1 heterocycles. The second kappa shape index (κ2) is 7.59. The number of hydrogen-bond donors (Lipinski definition) is 2. The molecule has 0 aliphatic carbocycles. The summed E-state index contributed by atoms with van der Waals surface area (Å²) >= 11 is 0. The molecular weight excluding hydrogens is 176 g/mol. The Labute approximate surface area is 85.9 Å². The molecular formula is C11H20N2O. The summed E-state index contributed by atoms with van der Waals surface area (Å²) in [5.41, 5.74) is 1.22. The van der Waals surface area contributed by atoms with Crippen LogP contribution < -0.4 is 5.32 Å². The maximum absolute atomic E-state index is 5.42. The van der Waals surface area contributed by atoms with Crippen LogP contribution in [0.5, 0.6) is 0 Å². The molecule has 0 atom stereocenters. The number of ether oxygens (including phenoxy) is 1. The minimum absolute atomic E-state index is 0.806. The largest absolute Gasteiger partial charge is 0.380 e. The van der Waals surface area contributed by atoms with Gasteiger partial charge in [0.1, 0.15) is 0 Å². The molecule has 0 spiro atoms. The summed E-state index contributed by atoms with van der Waals surface area (Å²) in [5.74, 6) is 0. The molecule has 1 aromatic rings. The Hall–Kier alpha value is -0.800. The van der Waals surface area contributed by atoms with Crippen molar-refractivity contribution in [3.8, 4) is 0 Å². The SMILES string of the molecule is CCCCOCCNCc1ccc[nH]1. The van der Waals surface area contributed by atoms with Crippen LogP contribution in [0.1, 0.15) is 25.5 Å². The minimum Gasteiger partial charge on any atom is -0.380 e. The number of unbranched alkanes of at least 4 members (excludes halogenated alkanes) is 1. The molecule has 0 aromatic carbocycles. The predicted molar refractivity (Wildman–Crippen MR) is 58.2 cm³/mol. The highest BCUT2D eigenvalue weighted by Gasteiger charge is 1.91. The van der Waals surface area contributed by atoms with Gasteiger partial charge < -0.3 is 15.0 Å². The standard InChI is InChI=1S/C11H20N2O/c1-2-3-8-14-9-7-12-10-11-5-4-6-13-11/h4-6,12-13H,2-3,7-10H2,1H3. The lowest BCUT2D eigenvalue weighted by molar-refractivity contribution is 0.133. The number of hydrogen-bond acceptors (Lipinski definition) is 2. The second-order valence-electron chi connectivity index (χ2n) is 3.34. The zero-order valence-corrected chi connectivity index (χ0v) is 8.88. The molecule has 1 aromatic heterocycles. The summed E-state index contributed by atoms with van der Waals surface area (Å²) in [7, 11) is 0. The van der Waals surface area contributed by atoms with E-state index in [1.54, 1.807) is 0 Å². The maximum Gasteiger partial charge on any atom is 0.0591 e. The van der Waals surface area contributed by atoms with Gasteiger partial charge in [-0.05, 0) is 18.6 Å². The van der Waals surface area contributed by atoms with E-state index in [1.165, 1.54) is 12.1 Å². The van der Waals surface area contributed by atoms with E-state index in [-0.39, 0.29) is 0 Å². The highest BCUT2D eigenvalue weighted by Crippen LogP contribution is 1.92. The van der Waals surface area contributed by atoms with Gasteiger partial charge in [-0.25, -0.2) is 0 Å². The van der Waals surface area contributed by atoms with Crippen molar-refractivity contribution in [3.63, 3.8) is 0 Å². The smallest absolute Gasteiger partial charge is 0.0591 e. The van der Waals surface area contributed by atoms with E-state index in [9.17, 15) is 0 Å². The van der Waals surface area contributed by atoms with E-state index in [0.717, 1.165) is 32.7 Å². The topological polar surface area (TPSA) is 37.0 Å². The van der Waals surface area contributed by atoms with Crippen LogP contribution in [0.4, 0.5) is 0 Å². The first-order valence-corrected chi connectivity index (χ1v) is 5.34. The molecule has 2 N–H and O–H groups in total. The van der Waals surface area contributed by atoms with Crippen LogP contribution in [0.3, 0.4) is 0 Å². The minimum atomic E-state index is 0.806. The molecule has 0 unspecified atom stereocenters. The fourth-order valence-electron chi connectivity index (χ4n) is 1.19. The van der Waals surface area contributed by atoms with Crippen LogP contribution in [-0.4, -0.2) is 24.7 Å². The van der Waals surface area contributed by atoms with Gasteiger partial charge >= 0.3 is 0 Å². The number of H-pyrrole nitrogens is 1. The van der Waals surface area contributed by atoms with Crippen molar-refractivity contribution in [1.29, 1.82) is 0 Å². The maximum atomic E-state index is 5.42. The number of aromatic amines is 1. The Balaban J connectivity index is 1.85. The van der Waals surface area contributed by atoms with Gasteiger partial charge in [0.15, 0.2) is 0 Å². The Morgan fingerprint density at radius 1 is 1.43 bits per heavy atom. The summed E-state index contributed by atoms with van der Waals surface area (Å²) in [6.45, 7) is 5.68. The van der Waals surface area contributed by atoms with Crippen LogP contribution >= 0.6 is 0 Å². The van der Waals surface area contributed by atoms with Gasteiger partial charge in [-0.1, -0.05) is 13.3 Å². The third-order valence-corrected chi connectivity index (χ3v) is 2.04. The van der Waals surface area contributed by atoms with Gasteiger partial charge in [-0.3, -0.25) is 0 Å². The summed E-state index contributed by atoms with van der Waals surface area (Å²) < 4.78 is 5.42. The van der Waals surface area contributed by atoms with E-state index in [4.69, 9.17) is 4.74 Å². The summed E-state index contributed by atoms with van der Waals surface area (Å²) in [5, 5.41) is 3.31. The van der Waals surface area contributed by atoms with Crippen LogP contribution in [-0.2, 0) is 11.3 Å². The summed E-state index contributed by atoms with van der Waals surface area (Å²) in [4.78, 5) is 3.15. The quantitative estimate of drug-likeness (QED) is 0.623. The molecule has 0 radical (unpaired) electrons. The van der Waals surface area contributed by atoms with Gasteiger partial charge in [0, 0.05) is 31.6 Å². The highest BCUT2D eigenvalue weighted by atomic mass is 16.5. The van der Waals surface area contributed by atoms with Crippen LogP contribution in [0.2, 0.25) is 0 Å². The van der Waals surface area contributed by atoms with Gasteiger partial charge in [-0.2, -0.15) is 0 Å². The third-order valence-electron chi connectivity index (χ3n) is 2.04. The second-order valence-corrected chi connectivity index (χ2v) is 3.34. The molecule has 3 nitrogen and oxygen atoms in total. The monoisotopic (exact) mass is 196 g/mol. The van der Waals surface area contributed by atoms with E-state index in [0.29, 0.717) is 0 Å². The van der Waals surface area contributed by atoms with Crippen molar-refractivity contribution in [2.45, 2.75) is 26.3 Å². The Kier molecular flexibility index (Phi) is 6.11. The average molecular weight is 196 g/mol.